The molecule has 1 aliphatic heterocycles. The standard InChI is InChI=1S/C21H22N2O4S/c24-19(14-27-16-9-5-2-6-10-16)22-18(13-15-7-3-1-4-8-15)20(25)23-17-11-12-28-21(17)26/h1-10,17-18H,11-14H2,(H,22,24)(H,23,25)/t17?,18-/m0/s1. The summed E-state index contributed by atoms with van der Waals surface area (Å²) in [6.45, 7) is -0.194. The molecule has 2 atom stereocenters. The number of thioether (sulfide) groups is 1. The Morgan fingerprint density at radius 1 is 1.07 bits per heavy atom. The van der Waals surface area contributed by atoms with Crippen LogP contribution in [0.3, 0.4) is 0 Å². The average Bonchev–Trinajstić information content (AvgIpc) is 3.12. The zero-order chi connectivity index (χ0) is 19.8. The monoisotopic (exact) mass is 398 g/mol. The van der Waals surface area contributed by atoms with Crippen LogP contribution in [0.5, 0.6) is 5.75 Å². The topological polar surface area (TPSA) is 84.5 Å². The quantitative estimate of drug-likeness (QED) is 0.710. The lowest BCUT2D eigenvalue weighted by molar-refractivity contribution is -0.131. The van der Waals surface area contributed by atoms with Crippen LogP contribution < -0.4 is 15.4 Å². The van der Waals surface area contributed by atoms with Crippen LogP contribution in [0.4, 0.5) is 0 Å². The molecule has 3 rings (SSSR count). The van der Waals surface area contributed by atoms with Gasteiger partial charge in [-0.05, 0) is 24.1 Å². The van der Waals surface area contributed by atoms with Crippen LogP contribution in [0, 0.1) is 0 Å². The molecule has 0 spiro atoms. The van der Waals surface area contributed by atoms with Crippen LogP contribution in [0.1, 0.15) is 12.0 Å². The van der Waals surface area contributed by atoms with Crippen molar-refractivity contribution in [3.05, 3.63) is 66.2 Å². The highest BCUT2D eigenvalue weighted by Gasteiger charge is 2.30. The second-order valence-electron chi connectivity index (χ2n) is 6.43. The van der Waals surface area contributed by atoms with Gasteiger partial charge in [0.1, 0.15) is 11.8 Å². The Hall–Kier alpha value is -2.80. The third-order valence-electron chi connectivity index (χ3n) is 4.30. The molecule has 1 fully saturated rings. The van der Waals surface area contributed by atoms with Gasteiger partial charge >= 0.3 is 0 Å². The number of rotatable bonds is 8. The van der Waals surface area contributed by atoms with Crippen LogP contribution in [-0.4, -0.2) is 41.4 Å². The van der Waals surface area contributed by atoms with Crippen molar-refractivity contribution >= 4 is 28.7 Å². The fourth-order valence-corrected chi connectivity index (χ4v) is 3.79. The second-order valence-corrected chi connectivity index (χ2v) is 7.53. The molecule has 2 aromatic carbocycles. The Balaban J connectivity index is 1.62. The second kappa shape index (κ2) is 9.94. The third-order valence-corrected chi connectivity index (χ3v) is 5.31. The van der Waals surface area contributed by atoms with Crippen molar-refractivity contribution in [2.24, 2.45) is 0 Å². The number of nitrogens with one attached hydrogen (secondary N) is 2. The largest absolute Gasteiger partial charge is 0.484 e. The van der Waals surface area contributed by atoms with Crippen molar-refractivity contribution in [1.29, 1.82) is 0 Å². The molecule has 2 N–H and O–H groups in total. The lowest BCUT2D eigenvalue weighted by Crippen LogP contribution is -2.52. The highest BCUT2D eigenvalue weighted by molar-refractivity contribution is 8.14. The van der Waals surface area contributed by atoms with Crippen molar-refractivity contribution in [3.63, 3.8) is 0 Å². The van der Waals surface area contributed by atoms with Gasteiger partial charge in [-0.3, -0.25) is 14.4 Å². The molecule has 6 nitrogen and oxygen atoms in total. The summed E-state index contributed by atoms with van der Waals surface area (Å²) in [5, 5.41) is 5.46. The lowest BCUT2D eigenvalue weighted by Gasteiger charge is -2.20. The molecule has 1 saturated heterocycles. The molecule has 1 heterocycles. The van der Waals surface area contributed by atoms with E-state index in [1.807, 2.05) is 48.5 Å². The highest BCUT2D eigenvalue weighted by Crippen LogP contribution is 2.19. The first kappa shape index (κ1) is 19.9. The predicted octanol–water partition coefficient (Wildman–Crippen LogP) is 1.94. The molecule has 28 heavy (non-hydrogen) atoms. The van der Waals surface area contributed by atoms with E-state index in [1.165, 1.54) is 11.8 Å². The Bertz CT molecular complexity index is 814. The molecular formula is C21H22N2O4S. The van der Waals surface area contributed by atoms with Gasteiger partial charge in [0.05, 0.1) is 6.04 Å². The highest BCUT2D eigenvalue weighted by atomic mass is 32.2. The smallest absolute Gasteiger partial charge is 0.258 e. The minimum absolute atomic E-state index is 0.0365. The minimum Gasteiger partial charge on any atom is -0.484 e. The number of amides is 2. The summed E-state index contributed by atoms with van der Waals surface area (Å²) in [4.78, 5) is 36.9. The van der Waals surface area contributed by atoms with Gasteiger partial charge in [-0.15, -0.1) is 0 Å². The Morgan fingerprint density at radius 3 is 2.39 bits per heavy atom. The predicted molar refractivity (Wildman–Crippen MR) is 108 cm³/mol. The number of hydrogen-bond donors (Lipinski definition) is 2. The summed E-state index contributed by atoms with van der Waals surface area (Å²) < 4.78 is 5.45. The molecule has 2 amide bonds. The number of para-hydroxylation sites is 1. The average molecular weight is 398 g/mol. The van der Waals surface area contributed by atoms with Crippen molar-refractivity contribution < 1.29 is 19.1 Å². The van der Waals surface area contributed by atoms with Gasteiger partial charge in [0.2, 0.25) is 11.0 Å². The number of ether oxygens (including phenoxy) is 1. The van der Waals surface area contributed by atoms with E-state index in [2.05, 4.69) is 10.6 Å². The van der Waals surface area contributed by atoms with Gasteiger partial charge in [0.15, 0.2) is 6.61 Å². The maximum absolute atomic E-state index is 12.7. The SMILES string of the molecule is O=C(COc1ccccc1)N[C@@H](Cc1ccccc1)C(=O)NC1CCSC1=O. The molecule has 0 radical (unpaired) electrons. The van der Waals surface area contributed by atoms with Crippen LogP contribution >= 0.6 is 11.8 Å². The molecule has 1 unspecified atom stereocenters. The molecule has 7 heteroatoms. The van der Waals surface area contributed by atoms with E-state index in [-0.39, 0.29) is 17.6 Å². The maximum Gasteiger partial charge on any atom is 0.258 e. The fraction of sp³-hybridized carbons (Fsp3) is 0.286. The molecule has 0 aromatic heterocycles. The zero-order valence-corrected chi connectivity index (χ0v) is 16.1. The van der Waals surface area contributed by atoms with E-state index in [9.17, 15) is 14.4 Å². The van der Waals surface area contributed by atoms with E-state index in [4.69, 9.17) is 4.74 Å². The summed E-state index contributed by atoms with van der Waals surface area (Å²) in [5.74, 6) is 0.518. The van der Waals surface area contributed by atoms with Gasteiger partial charge in [0, 0.05) is 12.2 Å². The van der Waals surface area contributed by atoms with Crippen LogP contribution in [0.15, 0.2) is 60.7 Å². The normalized spacial score (nSPS) is 17.0. The Kier molecular flexibility index (Phi) is 7.08. The van der Waals surface area contributed by atoms with Crippen molar-refractivity contribution in [1.82, 2.24) is 10.6 Å². The molecule has 2 aromatic rings. The van der Waals surface area contributed by atoms with Gasteiger partial charge in [-0.2, -0.15) is 0 Å². The van der Waals surface area contributed by atoms with Gasteiger partial charge in [-0.1, -0.05) is 60.3 Å². The van der Waals surface area contributed by atoms with Gasteiger partial charge < -0.3 is 15.4 Å². The Labute approximate surface area is 168 Å². The molecule has 0 bridgehead atoms. The minimum atomic E-state index is -0.785. The Morgan fingerprint density at radius 2 is 1.75 bits per heavy atom. The number of benzene rings is 2. The number of carbonyl (C=O) groups excluding carboxylic acids is 3. The van der Waals surface area contributed by atoms with Crippen LogP contribution in [-0.2, 0) is 20.8 Å². The van der Waals surface area contributed by atoms with E-state index in [0.29, 0.717) is 24.3 Å². The van der Waals surface area contributed by atoms with E-state index >= 15 is 0 Å². The summed E-state index contributed by atoms with van der Waals surface area (Å²) in [5.41, 5.74) is 0.916. The summed E-state index contributed by atoms with van der Waals surface area (Å²) in [7, 11) is 0. The first-order valence-corrected chi connectivity index (χ1v) is 10.1. The van der Waals surface area contributed by atoms with Crippen molar-refractivity contribution in [3.8, 4) is 5.75 Å². The number of carbonyl (C=O) groups is 3. The zero-order valence-electron chi connectivity index (χ0n) is 15.3. The van der Waals surface area contributed by atoms with Crippen LogP contribution in [0.25, 0.3) is 0 Å². The van der Waals surface area contributed by atoms with Crippen LogP contribution in [0.2, 0.25) is 0 Å². The van der Waals surface area contributed by atoms with Crippen molar-refractivity contribution in [2.75, 3.05) is 12.4 Å². The first-order valence-electron chi connectivity index (χ1n) is 9.10. The molecule has 0 aliphatic carbocycles. The summed E-state index contributed by atoms with van der Waals surface area (Å²) in [6.07, 6.45) is 0.941. The first-order chi connectivity index (χ1) is 13.6. The lowest BCUT2D eigenvalue weighted by atomic mass is 10.0. The third kappa shape index (κ3) is 5.85. The van der Waals surface area contributed by atoms with Crippen molar-refractivity contribution in [2.45, 2.75) is 24.9 Å². The maximum atomic E-state index is 12.7. The number of hydrogen-bond acceptors (Lipinski definition) is 5. The molecule has 0 saturated carbocycles. The summed E-state index contributed by atoms with van der Waals surface area (Å²) >= 11 is 1.22. The van der Waals surface area contributed by atoms with E-state index < -0.39 is 18.0 Å². The van der Waals surface area contributed by atoms with Gasteiger partial charge in [-0.25, -0.2) is 0 Å². The molecule has 1 aliphatic rings. The van der Waals surface area contributed by atoms with E-state index in [1.54, 1.807) is 12.1 Å². The summed E-state index contributed by atoms with van der Waals surface area (Å²) in [6, 6.07) is 17.1. The van der Waals surface area contributed by atoms with Gasteiger partial charge in [0.25, 0.3) is 5.91 Å². The van der Waals surface area contributed by atoms with E-state index in [0.717, 1.165) is 5.56 Å². The molecular weight excluding hydrogens is 376 g/mol. The fourth-order valence-electron chi connectivity index (χ4n) is 2.86. The molecule has 146 valence electrons.